The minimum Gasteiger partial charge on any atom is -0.480 e. The van der Waals surface area contributed by atoms with E-state index in [2.05, 4.69) is 0 Å². The monoisotopic (exact) mass is 240 g/mol. The molecule has 0 aliphatic heterocycles. The fourth-order valence-corrected chi connectivity index (χ4v) is 1.78. The molecule has 0 heterocycles. The lowest BCUT2D eigenvalue weighted by atomic mass is 9.94. The van der Waals surface area contributed by atoms with Crippen molar-refractivity contribution < 1.29 is 23.1 Å². The summed E-state index contributed by atoms with van der Waals surface area (Å²) in [6.07, 6.45) is -3.00. The van der Waals surface area contributed by atoms with Crippen LogP contribution in [0.2, 0.25) is 0 Å². The Morgan fingerprint density at radius 2 is 1.94 bits per heavy atom. The second-order valence-electron chi connectivity index (χ2n) is 4.41. The van der Waals surface area contributed by atoms with E-state index in [0.717, 1.165) is 4.90 Å². The van der Waals surface area contributed by atoms with Gasteiger partial charge in [0.2, 0.25) is 0 Å². The van der Waals surface area contributed by atoms with Crippen LogP contribution in [0, 0.1) is 5.92 Å². The maximum Gasteiger partial charge on any atom is 0.401 e. The van der Waals surface area contributed by atoms with Crippen LogP contribution in [-0.4, -0.2) is 47.8 Å². The molecule has 0 bridgehead atoms. The fraction of sp³-hybridized carbons (Fsp3) is 0.889. The Morgan fingerprint density at radius 1 is 1.44 bits per heavy atom. The van der Waals surface area contributed by atoms with E-state index in [1.54, 1.807) is 0 Å². The zero-order valence-corrected chi connectivity index (χ0v) is 8.92. The third-order valence-electron chi connectivity index (χ3n) is 2.68. The number of hydrogen-bond acceptors (Lipinski definition) is 3. The molecule has 1 aliphatic carbocycles. The smallest absolute Gasteiger partial charge is 0.401 e. The molecule has 16 heavy (non-hydrogen) atoms. The molecular formula is C9H15F3N2O2. The lowest BCUT2D eigenvalue weighted by Gasteiger charge is -2.30. The predicted octanol–water partition coefficient (Wildman–Crippen LogP) is 0.673. The first-order valence-electron chi connectivity index (χ1n) is 4.93. The van der Waals surface area contributed by atoms with Crippen molar-refractivity contribution in [2.45, 2.75) is 24.6 Å². The molecule has 0 aromatic carbocycles. The topological polar surface area (TPSA) is 66.6 Å². The summed E-state index contributed by atoms with van der Waals surface area (Å²) in [6, 6.07) is 0. The summed E-state index contributed by atoms with van der Waals surface area (Å²) in [5.74, 6) is -1.44. The van der Waals surface area contributed by atoms with Gasteiger partial charge in [0.1, 0.15) is 5.54 Å². The standard InChI is InChI=1S/C9H15F3N2O2/c1-14(5-9(10,11)12)4-8(13,7(15)16)6-2-3-6/h6H,2-5,13H2,1H3,(H,15,16). The quantitative estimate of drug-likeness (QED) is 0.741. The van der Waals surface area contributed by atoms with Gasteiger partial charge in [0.05, 0.1) is 6.54 Å². The number of carbonyl (C=O) groups is 1. The average Bonchev–Trinajstić information content (AvgIpc) is 2.80. The molecule has 0 spiro atoms. The first kappa shape index (κ1) is 13.2. The highest BCUT2D eigenvalue weighted by Gasteiger charge is 2.49. The molecule has 4 nitrogen and oxygen atoms in total. The number of nitrogens with zero attached hydrogens (tertiary/aromatic N) is 1. The minimum absolute atomic E-state index is 0.208. The van der Waals surface area contributed by atoms with E-state index >= 15 is 0 Å². The van der Waals surface area contributed by atoms with Crippen molar-refractivity contribution >= 4 is 5.97 Å². The van der Waals surface area contributed by atoms with Gasteiger partial charge in [-0.3, -0.25) is 9.69 Å². The molecule has 0 aromatic rings. The van der Waals surface area contributed by atoms with Gasteiger partial charge in [-0.25, -0.2) is 0 Å². The van der Waals surface area contributed by atoms with Gasteiger partial charge in [-0.1, -0.05) is 0 Å². The average molecular weight is 240 g/mol. The molecule has 1 rings (SSSR count). The summed E-state index contributed by atoms with van der Waals surface area (Å²) in [5.41, 5.74) is 4.10. The third kappa shape index (κ3) is 3.34. The maximum atomic E-state index is 12.1. The number of halogens is 3. The van der Waals surface area contributed by atoms with E-state index in [1.807, 2.05) is 0 Å². The Bertz CT molecular complexity index is 278. The van der Waals surface area contributed by atoms with Gasteiger partial charge in [-0.05, 0) is 25.8 Å². The zero-order chi connectivity index (χ0) is 12.6. The summed E-state index contributed by atoms with van der Waals surface area (Å²) >= 11 is 0. The summed E-state index contributed by atoms with van der Waals surface area (Å²) in [7, 11) is 1.22. The molecular weight excluding hydrogens is 225 g/mol. The van der Waals surface area contributed by atoms with Crippen LogP contribution in [-0.2, 0) is 4.79 Å². The van der Waals surface area contributed by atoms with Crippen LogP contribution in [0.5, 0.6) is 0 Å². The van der Waals surface area contributed by atoms with Crippen LogP contribution < -0.4 is 5.73 Å². The van der Waals surface area contributed by atoms with Crippen LogP contribution in [0.4, 0.5) is 13.2 Å². The van der Waals surface area contributed by atoms with E-state index in [-0.39, 0.29) is 12.5 Å². The van der Waals surface area contributed by atoms with E-state index in [9.17, 15) is 18.0 Å². The molecule has 0 radical (unpaired) electrons. The number of carboxylic acids is 1. The van der Waals surface area contributed by atoms with Gasteiger partial charge in [-0.15, -0.1) is 0 Å². The summed E-state index contributed by atoms with van der Waals surface area (Å²) < 4.78 is 36.2. The highest BCUT2D eigenvalue weighted by Crippen LogP contribution is 2.39. The summed E-state index contributed by atoms with van der Waals surface area (Å²) in [5, 5.41) is 8.96. The van der Waals surface area contributed by atoms with Crippen molar-refractivity contribution in [3.05, 3.63) is 0 Å². The number of rotatable bonds is 5. The number of hydrogen-bond donors (Lipinski definition) is 2. The lowest BCUT2D eigenvalue weighted by Crippen LogP contribution is -2.58. The Hall–Kier alpha value is -0.820. The SMILES string of the molecule is CN(CC(F)(F)F)CC(N)(C(=O)O)C1CC1. The molecule has 1 saturated carbocycles. The zero-order valence-electron chi connectivity index (χ0n) is 8.92. The molecule has 1 aliphatic rings. The number of alkyl halides is 3. The molecule has 0 aromatic heterocycles. The second kappa shape index (κ2) is 4.21. The molecule has 1 unspecified atom stereocenters. The molecule has 3 N–H and O–H groups in total. The van der Waals surface area contributed by atoms with Crippen molar-refractivity contribution in [3.63, 3.8) is 0 Å². The first-order chi connectivity index (χ1) is 7.15. The second-order valence-corrected chi connectivity index (χ2v) is 4.41. The largest absolute Gasteiger partial charge is 0.480 e. The maximum absolute atomic E-state index is 12.1. The van der Waals surface area contributed by atoms with Gasteiger partial charge < -0.3 is 10.8 Å². The molecule has 0 amide bonds. The van der Waals surface area contributed by atoms with Gasteiger partial charge >= 0.3 is 12.1 Å². The van der Waals surface area contributed by atoms with Crippen LogP contribution in [0.3, 0.4) is 0 Å². The van der Waals surface area contributed by atoms with E-state index in [1.165, 1.54) is 7.05 Å². The number of nitrogens with two attached hydrogens (primary N) is 1. The molecule has 94 valence electrons. The Balaban J connectivity index is 2.59. The van der Waals surface area contributed by atoms with Crippen LogP contribution in [0.25, 0.3) is 0 Å². The Kier molecular flexibility index (Phi) is 3.49. The van der Waals surface area contributed by atoms with Gasteiger partial charge in [-0.2, -0.15) is 13.2 Å². The highest BCUT2D eigenvalue weighted by atomic mass is 19.4. The van der Waals surface area contributed by atoms with E-state index in [0.29, 0.717) is 12.8 Å². The Morgan fingerprint density at radius 3 is 2.25 bits per heavy atom. The lowest BCUT2D eigenvalue weighted by molar-refractivity contribution is -0.153. The normalized spacial score (nSPS) is 20.9. The van der Waals surface area contributed by atoms with Gasteiger partial charge in [0, 0.05) is 6.54 Å². The van der Waals surface area contributed by atoms with Gasteiger partial charge in [0.15, 0.2) is 0 Å². The van der Waals surface area contributed by atoms with Gasteiger partial charge in [0.25, 0.3) is 0 Å². The summed E-state index contributed by atoms with van der Waals surface area (Å²) in [6.45, 7) is -1.43. The summed E-state index contributed by atoms with van der Waals surface area (Å²) in [4.78, 5) is 11.9. The van der Waals surface area contributed by atoms with E-state index in [4.69, 9.17) is 10.8 Å². The minimum atomic E-state index is -4.34. The predicted molar refractivity (Wildman–Crippen MR) is 50.8 cm³/mol. The third-order valence-corrected chi connectivity index (χ3v) is 2.68. The van der Waals surface area contributed by atoms with Crippen molar-refractivity contribution in [1.29, 1.82) is 0 Å². The Labute approximate surface area is 91.2 Å². The van der Waals surface area contributed by atoms with Crippen molar-refractivity contribution in [1.82, 2.24) is 4.90 Å². The number of aliphatic carboxylic acids is 1. The van der Waals surface area contributed by atoms with Crippen LogP contribution in [0.15, 0.2) is 0 Å². The first-order valence-corrected chi connectivity index (χ1v) is 4.93. The van der Waals surface area contributed by atoms with Crippen molar-refractivity contribution in [2.75, 3.05) is 20.1 Å². The van der Waals surface area contributed by atoms with E-state index < -0.39 is 24.2 Å². The van der Waals surface area contributed by atoms with Crippen LogP contribution >= 0.6 is 0 Å². The highest BCUT2D eigenvalue weighted by molar-refractivity contribution is 5.79. The fourth-order valence-electron chi connectivity index (χ4n) is 1.78. The van der Waals surface area contributed by atoms with Crippen molar-refractivity contribution in [2.24, 2.45) is 11.7 Å². The van der Waals surface area contributed by atoms with Crippen LogP contribution in [0.1, 0.15) is 12.8 Å². The number of likely N-dealkylation sites (N-methyl/N-ethyl adjacent to an activating group) is 1. The molecule has 1 atom stereocenters. The molecule has 7 heteroatoms. The molecule has 0 saturated heterocycles. The number of carboxylic acid groups (broad SMARTS) is 1. The molecule has 1 fully saturated rings. The van der Waals surface area contributed by atoms with Crippen molar-refractivity contribution in [3.8, 4) is 0 Å².